The zero-order valence-electron chi connectivity index (χ0n) is 13.5. The van der Waals surface area contributed by atoms with Crippen LogP contribution in [0.2, 0.25) is 0 Å². The van der Waals surface area contributed by atoms with Crippen LogP contribution in [-0.2, 0) is 11.5 Å². The SMILES string of the molecule is SCc1ccc(CS)cc1.Sc1ccc(Sc2ccc(S)cc2)cc1. The zero-order chi connectivity index (χ0) is 18.1. The minimum Gasteiger partial charge on any atom is -0.175 e. The van der Waals surface area contributed by atoms with E-state index in [-0.39, 0.29) is 0 Å². The first-order valence-corrected chi connectivity index (χ1v) is 10.6. The minimum atomic E-state index is 0.812. The fraction of sp³-hybridized carbons (Fsp3) is 0.100. The summed E-state index contributed by atoms with van der Waals surface area (Å²) in [6.45, 7) is 0. The van der Waals surface area contributed by atoms with E-state index in [2.05, 4.69) is 99.0 Å². The quantitative estimate of drug-likeness (QED) is 0.331. The van der Waals surface area contributed by atoms with Crippen molar-refractivity contribution in [3.8, 4) is 0 Å². The van der Waals surface area contributed by atoms with E-state index in [0.717, 1.165) is 21.3 Å². The van der Waals surface area contributed by atoms with Crippen LogP contribution >= 0.6 is 62.3 Å². The van der Waals surface area contributed by atoms with Gasteiger partial charge in [-0.05, 0) is 59.7 Å². The van der Waals surface area contributed by atoms with Crippen molar-refractivity contribution in [2.75, 3.05) is 0 Å². The molecule has 0 aromatic heterocycles. The fourth-order valence-corrected chi connectivity index (χ4v) is 3.45. The van der Waals surface area contributed by atoms with Gasteiger partial charge in [-0.3, -0.25) is 0 Å². The first-order valence-electron chi connectivity index (χ1n) is 7.66. The van der Waals surface area contributed by atoms with Crippen molar-refractivity contribution < 1.29 is 0 Å². The lowest BCUT2D eigenvalue weighted by Gasteiger charge is -2.01. The lowest BCUT2D eigenvalue weighted by Crippen LogP contribution is -1.79. The van der Waals surface area contributed by atoms with Gasteiger partial charge in [0.2, 0.25) is 0 Å². The summed E-state index contributed by atoms with van der Waals surface area (Å²) in [6, 6.07) is 24.6. The number of thiol groups is 4. The standard InChI is InChI=1S/C12H10S3.C8H10S2/c13-9-1-5-11(6-2-9)15-12-7-3-10(14)4-8-12;9-5-7-1-2-8(6-10)4-3-7/h1-8,13-14H;1-4,9-10H,5-6H2. The summed E-state index contributed by atoms with van der Waals surface area (Å²) in [5.74, 6) is 1.62. The number of hydrogen-bond acceptors (Lipinski definition) is 5. The van der Waals surface area contributed by atoms with Crippen molar-refractivity contribution in [2.24, 2.45) is 0 Å². The monoisotopic (exact) mass is 420 g/mol. The molecule has 0 atom stereocenters. The third-order valence-corrected chi connectivity index (χ3v) is 5.64. The van der Waals surface area contributed by atoms with Crippen molar-refractivity contribution >= 4 is 62.3 Å². The van der Waals surface area contributed by atoms with Gasteiger partial charge in [0.25, 0.3) is 0 Å². The predicted molar refractivity (Wildman–Crippen MR) is 123 cm³/mol. The molecule has 5 heteroatoms. The summed E-state index contributed by atoms with van der Waals surface area (Å²) in [4.78, 5) is 4.43. The van der Waals surface area contributed by atoms with Crippen molar-refractivity contribution in [1.82, 2.24) is 0 Å². The third-order valence-electron chi connectivity index (χ3n) is 3.30. The molecule has 0 spiro atoms. The predicted octanol–water partition coefficient (Wildman–Crippen LogP) is 6.96. The van der Waals surface area contributed by atoms with E-state index >= 15 is 0 Å². The molecule has 0 saturated carbocycles. The highest BCUT2D eigenvalue weighted by atomic mass is 32.2. The number of hydrogen-bond donors (Lipinski definition) is 4. The molecule has 3 rings (SSSR count). The van der Waals surface area contributed by atoms with Crippen LogP contribution in [0.25, 0.3) is 0 Å². The molecule has 0 amide bonds. The molecule has 25 heavy (non-hydrogen) atoms. The highest BCUT2D eigenvalue weighted by Gasteiger charge is 1.96. The zero-order valence-corrected chi connectivity index (χ0v) is 17.9. The maximum atomic E-state index is 4.25. The largest absolute Gasteiger partial charge is 0.175 e. The Bertz CT molecular complexity index is 683. The first-order chi connectivity index (χ1) is 12.1. The van der Waals surface area contributed by atoms with Crippen molar-refractivity contribution in [1.29, 1.82) is 0 Å². The lowest BCUT2D eigenvalue weighted by atomic mass is 10.2. The van der Waals surface area contributed by atoms with Crippen LogP contribution < -0.4 is 0 Å². The van der Waals surface area contributed by atoms with Gasteiger partial charge in [-0.2, -0.15) is 25.3 Å². The smallest absolute Gasteiger partial charge is 0.0154 e. The van der Waals surface area contributed by atoms with E-state index in [1.54, 1.807) is 11.8 Å². The third kappa shape index (κ3) is 7.67. The second kappa shape index (κ2) is 11.2. The van der Waals surface area contributed by atoms with Crippen molar-refractivity contribution in [3.63, 3.8) is 0 Å². The van der Waals surface area contributed by atoms with Crippen molar-refractivity contribution in [3.05, 3.63) is 83.9 Å². The molecule has 0 saturated heterocycles. The normalized spacial score (nSPS) is 10.1. The second-order valence-electron chi connectivity index (χ2n) is 5.22. The van der Waals surface area contributed by atoms with Crippen LogP contribution in [0.1, 0.15) is 11.1 Å². The van der Waals surface area contributed by atoms with Crippen LogP contribution in [0.5, 0.6) is 0 Å². The van der Waals surface area contributed by atoms with Gasteiger partial charge in [0.1, 0.15) is 0 Å². The average Bonchev–Trinajstić information content (AvgIpc) is 2.66. The van der Waals surface area contributed by atoms with E-state index in [4.69, 9.17) is 0 Å². The second-order valence-corrected chi connectivity index (χ2v) is 8.03. The summed E-state index contributed by atoms with van der Waals surface area (Å²) < 4.78 is 0. The molecule has 0 bridgehead atoms. The summed E-state index contributed by atoms with van der Waals surface area (Å²) in [5.41, 5.74) is 2.52. The van der Waals surface area contributed by atoms with Gasteiger partial charge in [-0.15, -0.1) is 25.3 Å². The lowest BCUT2D eigenvalue weighted by molar-refractivity contribution is 1.32. The van der Waals surface area contributed by atoms with Crippen molar-refractivity contribution in [2.45, 2.75) is 31.1 Å². The Kier molecular flexibility index (Phi) is 9.28. The molecule has 3 aromatic rings. The highest BCUT2D eigenvalue weighted by molar-refractivity contribution is 7.99. The number of benzene rings is 3. The van der Waals surface area contributed by atoms with Crippen LogP contribution in [0, 0.1) is 0 Å². The Balaban J connectivity index is 0.000000196. The van der Waals surface area contributed by atoms with Crippen LogP contribution in [0.15, 0.2) is 92.4 Å². The maximum Gasteiger partial charge on any atom is 0.0154 e. The van der Waals surface area contributed by atoms with E-state index in [0.29, 0.717) is 0 Å². The topological polar surface area (TPSA) is 0 Å². The first kappa shape index (κ1) is 20.7. The Morgan fingerprint density at radius 3 is 1.12 bits per heavy atom. The van der Waals surface area contributed by atoms with Gasteiger partial charge >= 0.3 is 0 Å². The van der Waals surface area contributed by atoms with Crippen LogP contribution in [-0.4, -0.2) is 0 Å². The molecule has 0 heterocycles. The molecule has 130 valence electrons. The van der Waals surface area contributed by atoms with Gasteiger partial charge in [-0.1, -0.05) is 36.0 Å². The summed E-state index contributed by atoms with van der Waals surface area (Å²) in [6.07, 6.45) is 0. The highest BCUT2D eigenvalue weighted by Crippen LogP contribution is 2.28. The molecular weight excluding hydrogens is 401 g/mol. The maximum absolute atomic E-state index is 4.25. The molecule has 3 aromatic carbocycles. The molecule has 0 radical (unpaired) electrons. The minimum absolute atomic E-state index is 0.812. The average molecular weight is 421 g/mol. The van der Waals surface area contributed by atoms with Gasteiger partial charge in [0, 0.05) is 31.1 Å². The molecular formula is C20H20S5. The Labute approximate surface area is 176 Å². The van der Waals surface area contributed by atoms with E-state index in [1.165, 1.54) is 20.9 Å². The van der Waals surface area contributed by atoms with Crippen LogP contribution in [0.3, 0.4) is 0 Å². The molecule has 0 unspecified atom stereocenters. The van der Waals surface area contributed by atoms with Gasteiger partial charge in [-0.25, -0.2) is 0 Å². The molecule has 0 aliphatic rings. The summed E-state index contributed by atoms with van der Waals surface area (Å²) >= 11 is 18.6. The molecule has 0 nitrogen and oxygen atoms in total. The van der Waals surface area contributed by atoms with E-state index in [9.17, 15) is 0 Å². The van der Waals surface area contributed by atoms with E-state index < -0.39 is 0 Å². The molecule has 0 N–H and O–H groups in total. The fourth-order valence-electron chi connectivity index (χ4n) is 1.91. The van der Waals surface area contributed by atoms with Gasteiger partial charge in [0.05, 0.1) is 0 Å². The number of rotatable bonds is 4. The van der Waals surface area contributed by atoms with Gasteiger partial charge < -0.3 is 0 Å². The summed E-state index contributed by atoms with van der Waals surface area (Å²) in [7, 11) is 0. The molecule has 0 aliphatic heterocycles. The summed E-state index contributed by atoms with van der Waals surface area (Å²) in [5, 5.41) is 0. The van der Waals surface area contributed by atoms with E-state index in [1.807, 2.05) is 24.3 Å². The van der Waals surface area contributed by atoms with Gasteiger partial charge in [0.15, 0.2) is 0 Å². The Hall–Kier alpha value is -0.590. The molecule has 0 aliphatic carbocycles. The Morgan fingerprint density at radius 1 is 0.520 bits per heavy atom. The Morgan fingerprint density at radius 2 is 0.840 bits per heavy atom. The van der Waals surface area contributed by atoms with Crippen LogP contribution in [0.4, 0.5) is 0 Å². The molecule has 0 fully saturated rings.